The van der Waals surface area contributed by atoms with Crippen molar-refractivity contribution in [2.24, 2.45) is 5.92 Å². The van der Waals surface area contributed by atoms with Gasteiger partial charge in [-0.3, -0.25) is 0 Å². The summed E-state index contributed by atoms with van der Waals surface area (Å²) in [4.78, 5) is 0. The topological polar surface area (TPSA) is 0 Å². The van der Waals surface area contributed by atoms with E-state index in [1.165, 1.54) is 14.7 Å². The van der Waals surface area contributed by atoms with E-state index in [9.17, 15) is 0 Å². The molecule has 1 aromatic carbocycles. The lowest BCUT2D eigenvalue weighted by molar-refractivity contribution is 0.729. The van der Waals surface area contributed by atoms with Crippen LogP contribution in [-0.2, 0) is 4.55 Å². The molecule has 0 aliphatic carbocycles. The number of hydrogen-bond acceptors (Lipinski definition) is 0. The summed E-state index contributed by atoms with van der Waals surface area (Å²) in [5, 5.41) is 0. The molecule has 70 valence electrons. The van der Waals surface area contributed by atoms with E-state index in [4.69, 9.17) is 0 Å². The van der Waals surface area contributed by atoms with Gasteiger partial charge in [-0.25, -0.2) is 0 Å². The summed E-state index contributed by atoms with van der Waals surface area (Å²) in [5.74, 6) is 0.903. The highest BCUT2D eigenvalue weighted by Crippen LogP contribution is 2.03. The van der Waals surface area contributed by atoms with Gasteiger partial charge in [-0.1, -0.05) is 55.7 Å². The molecule has 0 aliphatic rings. The lowest BCUT2D eigenvalue weighted by Crippen LogP contribution is -2.00. The maximum atomic E-state index is 2.32. The fourth-order valence-corrected chi connectivity index (χ4v) is 3.12. The van der Waals surface area contributed by atoms with Gasteiger partial charge in [0.2, 0.25) is 0 Å². The van der Waals surface area contributed by atoms with Crippen molar-refractivity contribution in [3.8, 4) is 0 Å². The zero-order valence-corrected chi connectivity index (χ0v) is 11.6. The minimum absolute atomic E-state index is 0. The molecule has 0 spiro atoms. The van der Waals surface area contributed by atoms with E-state index in [1.54, 1.807) is 0 Å². The minimum Gasteiger partial charge on any atom is -0.143 e. The van der Waals surface area contributed by atoms with Crippen LogP contribution in [0.4, 0.5) is 0 Å². The summed E-state index contributed by atoms with van der Waals surface area (Å²) in [6.45, 7) is 4.63. The maximum Gasteiger partial charge on any atom is 0.371 e. The largest absolute Gasteiger partial charge is 0.371 e. The fraction of sp³-hybridized carbons (Fsp3) is 0.455. The Labute approximate surface area is 102 Å². The zero-order valence-electron chi connectivity index (χ0n) is 8.49. The van der Waals surface area contributed by atoms with Crippen LogP contribution in [0.1, 0.15) is 19.4 Å². The third-order valence-corrected chi connectivity index (χ3v) is 4.58. The smallest absolute Gasteiger partial charge is 0.143 e. The zero-order chi connectivity index (χ0) is 8.81. The lowest BCUT2D eigenvalue weighted by atomic mass is 10.2. The van der Waals surface area contributed by atoms with Crippen LogP contribution < -0.4 is 0 Å². The standard InChI is InChI=1S/C7H7.C4H9.BrH.Mg/c1-7-5-3-2-4-6-7;1-4(2)3;;/h2-6H,1H2;4H,1H2,2-3H3;1H;. The first-order chi connectivity index (χ1) is 5.79. The van der Waals surface area contributed by atoms with E-state index in [0.29, 0.717) is 0 Å². The average Bonchev–Trinajstić information content (AvgIpc) is 2.05. The van der Waals surface area contributed by atoms with E-state index in [0.717, 1.165) is 5.92 Å². The third kappa shape index (κ3) is 6.53. The summed E-state index contributed by atoms with van der Waals surface area (Å²) >= 11 is 0.166. The van der Waals surface area contributed by atoms with Gasteiger partial charge in [0.1, 0.15) is 0 Å². The van der Waals surface area contributed by atoms with Gasteiger partial charge in [0, 0.05) is 0 Å². The van der Waals surface area contributed by atoms with Gasteiger partial charge in [-0.05, 0) is 0 Å². The molecule has 0 N–H and O–H groups in total. The van der Waals surface area contributed by atoms with Crippen LogP contribution in [0.3, 0.4) is 0 Å². The molecule has 13 heavy (non-hydrogen) atoms. The van der Waals surface area contributed by atoms with Crippen molar-refractivity contribution in [2.45, 2.75) is 22.9 Å². The number of hydrogen-bond donors (Lipinski definition) is 0. The van der Waals surface area contributed by atoms with Crippen LogP contribution in [0.25, 0.3) is 0 Å². The summed E-state index contributed by atoms with van der Waals surface area (Å²) in [5.41, 5.74) is 1.53. The van der Waals surface area contributed by atoms with Crippen LogP contribution >= 0.6 is 17.0 Å². The average molecular weight is 253 g/mol. The Morgan fingerprint density at radius 1 is 1.15 bits per heavy atom. The quantitative estimate of drug-likeness (QED) is 0.720. The molecule has 1 rings (SSSR count). The van der Waals surface area contributed by atoms with E-state index in [1.807, 2.05) is 0 Å². The van der Waals surface area contributed by atoms with Crippen LogP contribution in [0.5, 0.6) is 0 Å². The molecular weight excluding hydrogens is 236 g/mol. The Bertz CT molecular complexity index is 209. The van der Waals surface area contributed by atoms with Crippen LogP contribution in [0.15, 0.2) is 30.3 Å². The highest BCUT2D eigenvalue weighted by atomic mass is 79.9. The predicted molar refractivity (Wildman–Crippen MR) is 65.9 cm³/mol. The van der Waals surface area contributed by atoms with Crippen LogP contribution in [0, 0.1) is 5.92 Å². The highest BCUT2D eigenvalue weighted by Gasteiger charge is 1.99. The first-order valence-corrected chi connectivity index (χ1v) is 6.83. The Hall–Kier alpha value is 0.466. The van der Waals surface area contributed by atoms with Crippen LogP contribution in [-0.4, -0.2) is 20.4 Å². The molecule has 0 radical (unpaired) electrons. The molecule has 0 bridgehead atoms. The lowest BCUT2D eigenvalue weighted by Gasteiger charge is -2.01. The van der Waals surface area contributed by atoms with Gasteiger partial charge in [-0.2, -0.15) is 0 Å². The van der Waals surface area contributed by atoms with Gasteiger partial charge in [0.05, 0.1) is 0 Å². The molecule has 0 fully saturated rings. The highest BCUT2D eigenvalue weighted by molar-refractivity contribution is 8.93. The van der Waals surface area contributed by atoms with Gasteiger partial charge in [-0.15, -0.1) is 26.1 Å². The Morgan fingerprint density at radius 3 is 2.31 bits per heavy atom. The minimum atomic E-state index is 0. The molecule has 0 heterocycles. The second kappa shape index (κ2) is 7.83. The van der Waals surface area contributed by atoms with E-state index in [-0.39, 0.29) is 37.3 Å². The van der Waals surface area contributed by atoms with Crippen molar-refractivity contribution in [1.29, 1.82) is 0 Å². The third-order valence-electron chi connectivity index (χ3n) is 2.09. The fourth-order valence-electron chi connectivity index (χ4n) is 1.36. The second-order valence-corrected chi connectivity index (χ2v) is 5.56. The molecule has 0 aliphatic heterocycles. The molecule has 0 aromatic heterocycles. The predicted octanol–water partition coefficient (Wildman–Crippen LogP) is 3.54. The Balaban J connectivity index is 0.00000144. The second-order valence-electron chi connectivity index (χ2n) is 3.77. The van der Waals surface area contributed by atoms with Crippen molar-refractivity contribution >= 4 is 37.3 Å². The van der Waals surface area contributed by atoms with E-state index < -0.39 is 0 Å². The molecule has 1 aromatic rings. The molecule has 2 heteroatoms. The van der Waals surface area contributed by atoms with Gasteiger partial charge >= 0.3 is 20.4 Å². The molecule has 0 saturated carbocycles. The normalized spacial score (nSPS) is 9.15. The van der Waals surface area contributed by atoms with Crippen molar-refractivity contribution in [3.63, 3.8) is 0 Å². The maximum absolute atomic E-state index is 2.32. The first-order valence-electron chi connectivity index (χ1n) is 4.83. The summed E-state index contributed by atoms with van der Waals surface area (Å²) < 4.78 is 2.86. The summed E-state index contributed by atoms with van der Waals surface area (Å²) in [6.07, 6.45) is 0. The summed E-state index contributed by atoms with van der Waals surface area (Å²) in [6, 6.07) is 10.9. The molecule has 0 saturated heterocycles. The SMILES string of the molecule is Br.CC(C)[CH2][Mg][CH2]c1ccccc1. The van der Waals surface area contributed by atoms with Crippen molar-refractivity contribution in [1.82, 2.24) is 0 Å². The Morgan fingerprint density at radius 2 is 1.77 bits per heavy atom. The Kier molecular flexibility index (Phi) is 8.11. The van der Waals surface area contributed by atoms with Gasteiger partial charge < -0.3 is 0 Å². The van der Waals surface area contributed by atoms with E-state index >= 15 is 0 Å². The van der Waals surface area contributed by atoms with Crippen molar-refractivity contribution in [3.05, 3.63) is 35.9 Å². The summed E-state index contributed by atoms with van der Waals surface area (Å²) in [7, 11) is 0. The first kappa shape index (κ1) is 13.5. The number of rotatable bonds is 4. The molecular formula is C11H17BrMg. The van der Waals surface area contributed by atoms with Gasteiger partial charge in [0.25, 0.3) is 0 Å². The molecule has 0 nitrogen and oxygen atoms in total. The number of benzene rings is 1. The monoisotopic (exact) mass is 252 g/mol. The molecule has 0 unspecified atom stereocenters. The number of halogens is 1. The molecule has 0 atom stereocenters. The van der Waals surface area contributed by atoms with Crippen molar-refractivity contribution < 1.29 is 0 Å². The van der Waals surface area contributed by atoms with Crippen molar-refractivity contribution in [2.75, 3.05) is 0 Å². The van der Waals surface area contributed by atoms with E-state index in [2.05, 4.69) is 44.2 Å². The van der Waals surface area contributed by atoms with Crippen LogP contribution in [0.2, 0.25) is 4.55 Å². The van der Waals surface area contributed by atoms with Gasteiger partial charge in [0.15, 0.2) is 0 Å². The molecule has 0 amide bonds.